The van der Waals surface area contributed by atoms with Crippen molar-refractivity contribution >= 4 is 15.9 Å². The second kappa shape index (κ2) is 4.96. The smallest absolute Gasteiger partial charge is 0.107 e. The maximum Gasteiger partial charge on any atom is 0.107 e. The Morgan fingerprint density at radius 3 is 2.86 bits per heavy atom. The summed E-state index contributed by atoms with van der Waals surface area (Å²) in [5, 5.41) is 0. The standard InChI is InChI=1S/C11H17BrN2/c12-10(8-11-13-6-7-14-11)9-4-2-1-3-5-9/h6-7,9-10H,1-5,8H2,(H,13,14). The molecule has 0 radical (unpaired) electrons. The third-order valence-corrected chi connectivity index (χ3v) is 4.18. The maximum atomic E-state index is 4.27. The molecule has 1 unspecified atom stereocenters. The first-order valence-corrected chi connectivity index (χ1v) is 6.40. The predicted molar refractivity (Wildman–Crippen MR) is 61.6 cm³/mol. The lowest BCUT2D eigenvalue weighted by Gasteiger charge is -2.25. The Bertz CT molecular complexity index is 252. The number of nitrogens with one attached hydrogen (secondary N) is 1. The molecule has 1 N–H and O–H groups in total. The molecule has 0 bridgehead atoms. The summed E-state index contributed by atoms with van der Waals surface area (Å²) in [5.41, 5.74) is 0. The first-order chi connectivity index (χ1) is 6.86. The second-order valence-electron chi connectivity index (χ2n) is 4.15. The van der Waals surface area contributed by atoms with Gasteiger partial charge in [0.15, 0.2) is 0 Å². The highest BCUT2D eigenvalue weighted by Crippen LogP contribution is 2.31. The van der Waals surface area contributed by atoms with Gasteiger partial charge < -0.3 is 4.98 Å². The largest absolute Gasteiger partial charge is 0.349 e. The minimum absolute atomic E-state index is 0.606. The fraction of sp³-hybridized carbons (Fsp3) is 0.727. The number of nitrogens with zero attached hydrogens (tertiary/aromatic N) is 1. The molecule has 0 aliphatic heterocycles. The molecule has 1 aliphatic carbocycles. The number of imidazole rings is 1. The van der Waals surface area contributed by atoms with Crippen LogP contribution in [0.5, 0.6) is 0 Å². The van der Waals surface area contributed by atoms with Gasteiger partial charge in [0.1, 0.15) is 5.82 Å². The highest BCUT2D eigenvalue weighted by molar-refractivity contribution is 9.09. The van der Waals surface area contributed by atoms with E-state index in [-0.39, 0.29) is 0 Å². The Morgan fingerprint density at radius 1 is 1.43 bits per heavy atom. The fourth-order valence-corrected chi connectivity index (χ4v) is 3.09. The Hall–Kier alpha value is -0.310. The molecular weight excluding hydrogens is 240 g/mol. The van der Waals surface area contributed by atoms with Crippen LogP contribution in [0.2, 0.25) is 0 Å². The molecular formula is C11H17BrN2. The molecule has 78 valence electrons. The molecule has 1 fully saturated rings. The summed E-state index contributed by atoms with van der Waals surface area (Å²) in [6.45, 7) is 0. The minimum Gasteiger partial charge on any atom is -0.349 e. The van der Waals surface area contributed by atoms with Gasteiger partial charge in [-0.3, -0.25) is 0 Å². The van der Waals surface area contributed by atoms with Crippen molar-refractivity contribution in [2.45, 2.75) is 43.4 Å². The minimum atomic E-state index is 0.606. The van der Waals surface area contributed by atoms with E-state index in [9.17, 15) is 0 Å². The van der Waals surface area contributed by atoms with Gasteiger partial charge in [-0.2, -0.15) is 0 Å². The topological polar surface area (TPSA) is 28.7 Å². The lowest BCUT2D eigenvalue weighted by atomic mass is 9.86. The summed E-state index contributed by atoms with van der Waals surface area (Å²) in [4.78, 5) is 8.04. The van der Waals surface area contributed by atoms with Gasteiger partial charge >= 0.3 is 0 Å². The van der Waals surface area contributed by atoms with Crippen LogP contribution >= 0.6 is 15.9 Å². The van der Waals surface area contributed by atoms with Gasteiger partial charge in [-0.15, -0.1) is 0 Å². The van der Waals surface area contributed by atoms with Crippen molar-refractivity contribution in [1.29, 1.82) is 0 Å². The molecule has 1 aromatic rings. The highest BCUT2D eigenvalue weighted by Gasteiger charge is 2.21. The maximum absolute atomic E-state index is 4.27. The van der Waals surface area contributed by atoms with Crippen LogP contribution in [0.3, 0.4) is 0 Å². The van der Waals surface area contributed by atoms with Crippen LogP contribution < -0.4 is 0 Å². The number of aromatic amines is 1. The molecule has 14 heavy (non-hydrogen) atoms. The molecule has 1 aliphatic rings. The molecule has 1 saturated carbocycles. The SMILES string of the molecule is BrC(Cc1ncc[nH]1)C1CCCCC1. The van der Waals surface area contributed by atoms with E-state index in [0.717, 1.165) is 18.2 Å². The van der Waals surface area contributed by atoms with Crippen molar-refractivity contribution in [2.24, 2.45) is 5.92 Å². The van der Waals surface area contributed by atoms with Crippen molar-refractivity contribution < 1.29 is 0 Å². The fourth-order valence-electron chi connectivity index (χ4n) is 2.26. The molecule has 0 spiro atoms. The van der Waals surface area contributed by atoms with Crippen LogP contribution in [0, 0.1) is 5.92 Å². The first-order valence-electron chi connectivity index (χ1n) is 5.48. The quantitative estimate of drug-likeness (QED) is 0.827. The van der Waals surface area contributed by atoms with Crippen molar-refractivity contribution in [1.82, 2.24) is 9.97 Å². The summed E-state index contributed by atoms with van der Waals surface area (Å²) >= 11 is 3.80. The molecule has 0 aromatic carbocycles. The van der Waals surface area contributed by atoms with Crippen molar-refractivity contribution in [3.05, 3.63) is 18.2 Å². The van der Waals surface area contributed by atoms with Crippen LogP contribution in [0.1, 0.15) is 37.9 Å². The molecule has 1 atom stereocenters. The highest BCUT2D eigenvalue weighted by atomic mass is 79.9. The van der Waals surface area contributed by atoms with E-state index in [0.29, 0.717) is 4.83 Å². The Balaban J connectivity index is 1.85. The van der Waals surface area contributed by atoms with Crippen LogP contribution in [0.25, 0.3) is 0 Å². The molecule has 3 heteroatoms. The average Bonchev–Trinajstić information content (AvgIpc) is 2.72. The lowest BCUT2D eigenvalue weighted by molar-refractivity contribution is 0.349. The zero-order chi connectivity index (χ0) is 9.80. The first kappa shape index (κ1) is 10.2. The summed E-state index contributed by atoms with van der Waals surface area (Å²) in [6, 6.07) is 0. The zero-order valence-corrected chi connectivity index (χ0v) is 9.96. The summed E-state index contributed by atoms with van der Waals surface area (Å²) < 4.78 is 0. The van der Waals surface area contributed by atoms with E-state index >= 15 is 0 Å². The lowest BCUT2D eigenvalue weighted by Crippen LogP contribution is -2.20. The Labute approximate surface area is 93.6 Å². The molecule has 1 heterocycles. The van der Waals surface area contributed by atoms with Crippen LogP contribution in [0.15, 0.2) is 12.4 Å². The van der Waals surface area contributed by atoms with Crippen molar-refractivity contribution in [3.63, 3.8) is 0 Å². The van der Waals surface area contributed by atoms with E-state index in [1.807, 2.05) is 12.4 Å². The number of H-pyrrole nitrogens is 1. The Kier molecular flexibility index (Phi) is 3.62. The zero-order valence-electron chi connectivity index (χ0n) is 8.38. The summed E-state index contributed by atoms with van der Waals surface area (Å²) in [6.07, 6.45) is 11.8. The number of alkyl halides is 1. The van der Waals surface area contributed by atoms with Crippen molar-refractivity contribution in [3.8, 4) is 0 Å². The number of hydrogen-bond acceptors (Lipinski definition) is 1. The van der Waals surface area contributed by atoms with Gasteiger partial charge in [0.2, 0.25) is 0 Å². The van der Waals surface area contributed by atoms with Crippen LogP contribution in [-0.4, -0.2) is 14.8 Å². The monoisotopic (exact) mass is 256 g/mol. The van der Waals surface area contributed by atoms with Gasteiger partial charge in [0.05, 0.1) is 0 Å². The number of rotatable bonds is 3. The van der Waals surface area contributed by atoms with Gasteiger partial charge in [-0.25, -0.2) is 4.98 Å². The second-order valence-corrected chi connectivity index (χ2v) is 5.33. The van der Waals surface area contributed by atoms with Gasteiger partial charge in [0.25, 0.3) is 0 Å². The number of aromatic nitrogens is 2. The summed E-state index contributed by atoms with van der Waals surface area (Å²) in [7, 11) is 0. The Morgan fingerprint density at radius 2 is 2.21 bits per heavy atom. The third kappa shape index (κ3) is 2.59. The van der Waals surface area contributed by atoms with E-state index in [2.05, 4.69) is 25.9 Å². The molecule has 2 rings (SSSR count). The predicted octanol–water partition coefficient (Wildman–Crippen LogP) is 3.30. The van der Waals surface area contributed by atoms with Crippen LogP contribution in [-0.2, 0) is 6.42 Å². The van der Waals surface area contributed by atoms with Gasteiger partial charge in [-0.05, 0) is 18.8 Å². The average molecular weight is 257 g/mol. The molecule has 2 nitrogen and oxygen atoms in total. The van der Waals surface area contributed by atoms with Crippen molar-refractivity contribution in [2.75, 3.05) is 0 Å². The van der Waals surface area contributed by atoms with Crippen LogP contribution in [0.4, 0.5) is 0 Å². The van der Waals surface area contributed by atoms with E-state index < -0.39 is 0 Å². The normalized spacial score (nSPS) is 20.9. The number of halogens is 1. The molecule has 0 amide bonds. The van der Waals surface area contributed by atoms with E-state index in [1.165, 1.54) is 32.1 Å². The third-order valence-electron chi connectivity index (χ3n) is 3.10. The molecule has 0 saturated heterocycles. The summed E-state index contributed by atoms with van der Waals surface area (Å²) in [5.74, 6) is 1.96. The van der Waals surface area contributed by atoms with Gasteiger partial charge in [0, 0.05) is 23.6 Å². The van der Waals surface area contributed by atoms with E-state index in [1.54, 1.807) is 0 Å². The van der Waals surface area contributed by atoms with Gasteiger partial charge in [-0.1, -0.05) is 35.2 Å². The number of hydrogen-bond donors (Lipinski definition) is 1. The van der Waals surface area contributed by atoms with E-state index in [4.69, 9.17) is 0 Å². The molecule has 1 aromatic heterocycles.